The number of anilines is 2. The van der Waals surface area contributed by atoms with E-state index < -0.39 is 0 Å². The van der Waals surface area contributed by atoms with Gasteiger partial charge >= 0.3 is 0 Å². The van der Waals surface area contributed by atoms with Crippen LogP contribution < -0.4 is 15.0 Å². The number of para-hydroxylation sites is 1. The lowest BCUT2D eigenvalue weighted by molar-refractivity contribution is -0.135. The van der Waals surface area contributed by atoms with Gasteiger partial charge in [-0.05, 0) is 62.9 Å². The number of ether oxygens (including phenoxy) is 1. The molecule has 9 nitrogen and oxygen atoms in total. The fourth-order valence-electron chi connectivity index (χ4n) is 5.20. The van der Waals surface area contributed by atoms with Crippen LogP contribution in [0.25, 0.3) is 16.9 Å². The van der Waals surface area contributed by atoms with Gasteiger partial charge in [0.15, 0.2) is 17.0 Å². The van der Waals surface area contributed by atoms with Crippen molar-refractivity contribution in [2.24, 2.45) is 5.92 Å². The third kappa shape index (κ3) is 5.82. The summed E-state index contributed by atoms with van der Waals surface area (Å²) in [5.74, 6) is 2.35. The molecule has 5 rings (SSSR count). The van der Waals surface area contributed by atoms with E-state index in [0.717, 1.165) is 61.5 Å². The Hall–Kier alpha value is -4.14. The minimum absolute atomic E-state index is 0.0523. The summed E-state index contributed by atoms with van der Waals surface area (Å²) in [7, 11) is 1.67. The first-order chi connectivity index (χ1) is 19.1. The molecule has 1 unspecified atom stereocenters. The van der Waals surface area contributed by atoms with E-state index in [1.165, 1.54) is 5.56 Å². The normalized spacial score (nSPS) is 15.4. The zero-order valence-corrected chi connectivity index (χ0v) is 23.0. The lowest BCUT2D eigenvalue weighted by atomic mass is 9.96. The second-order valence-electron chi connectivity index (χ2n) is 9.82. The van der Waals surface area contributed by atoms with Crippen LogP contribution in [0.1, 0.15) is 32.3 Å². The van der Waals surface area contributed by atoms with E-state index in [-0.39, 0.29) is 11.8 Å². The van der Waals surface area contributed by atoms with Gasteiger partial charge in [0.1, 0.15) is 12.1 Å². The van der Waals surface area contributed by atoms with E-state index in [9.17, 15) is 4.79 Å². The van der Waals surface area contributed by atoms with E-state index in [1.807, 2.05) is 65.8 Å². The standard InChI is InChI=1S/C30H37N7O2/c1-4-35(5-2)29(38)23-10-9-19-36(20-23)30-33-27(31-18-17-22-13-15-25(39-3)16-14-22)26-28(34-30)37(21-32-26)24-11-7-6-8-12-24/h6-8,11-16,21,23H,4-5,9-10,17-20H2,1-3H3,(H,31,33,34). The molecule has 1 amide bonds. The molecule has 0 saturated carbocycles. The quantitative estimate of drug-likeness (QED) is 0.323. The smallest absolute Gasteiger partial charge is 0.229 e. The van der Waals surface area contributed by atoms with E-state index in [0.29, 0.717) is 24.9 Å². The van der Waals surface area contributed by atoms with Crippen molar-refractivity contribution >= 4 is 28.8 Å². The number of benzene rings is 2. The van der Waals surface area contributed by atoms with E-state index in [1.54, 1.807) is 13.4 Å². The van der Waals surface area contributed by atoms with Crippen LogP contribution in [0.3, 0.4) is 0 Å². The second-order valence-corrected chi connectivity index (χ2v) is 9.82. The number of nitrogens with one attached hydrogen (secondary N) is 1. The van der Waals surface area contributed by atoms with Gasteiger partial charge < -0.3 is 19.9 Å². The number of aromatic nitrogens is 4. The van der Waals surface area contributed by atoms with Gasteiger partial charge in [-0.3, -0.25) is 9.36 Å². The fraction of sp³-hybridized carbons (Fsp3) is 0.400. The third-order valence-corrected chi connectivity index (χ3v) is 7.41. The maximum atomic E-state index is 13.2. The first-order valence-electron chi connectivity index (χ1n) is 13.8. The fourth-order valence-corrected chi connectivity index (χ4v) is 5.20. The van der Waals surface area contributed by atoms with Crippen LogP contribution in [-0.2, 0) is 11.2 Å². The van der Waals surface area contributed by atoms with Gasteiger partial charge in [-0.25, -0.2) is 4.98 Å². The summed E-state index contributed by atoms with van der Waals surface area (Å²) < 4.78 is 7.27. The molecule has 1 aliphatic heterocycles. The Labute approximate surface area is 229 Å². The van der Waals surface area contributed by atoms with Crippen molar-refractivity contribution in [1.82, 2.24) is 24.4 Å². The summed E-state index contributed by atoms with van der Waals surface area (Å²) in [4.78, 5) is 31.9. The molecule has 0 radical (unpaired) electrons. The maximum Gasteiger partial charge on any atom is 0.229 e. The molecular weight excluding hydrogens is 490 g/mol. The van der Waals surface area contributed by atoms with Crippen molar-refractivity contribution in [2.45, 2.75) is 33.1 Å². The van der Waals surface area contributed by atoms with Gasteiger partial charge in [-0.15, -0.1) is 0 Å². The molecule has 0 aliphatic carbocycles. The van der Waals surface area contributed by atoms with E-state index >= 15 is 0 Å². The van der Waals surface area contributed by atoms with Crippen LogP contribution in [0.5, 0.6) is 5.75 Å². The molecule has 39 heavy (non-hydrogen) atoms. The first-order valence-corrected chi connectivity index (χ1v) is 13.8. The molecule has 4 aromatic rings. The van der Waals surface area contributed by atoms with Crippen molar-refractivity contribution in [2.75, 3.05) is 50.1 Å². The number of carbonyl (C=O) groups excluding carboxylic acids is 1. The Bertz CT molecular complexity index is 1380. The van der Waals surface area contributed by atoms with Crippen molar-refractivity contribution in [3.63, 3.8) is 0 Å². The highest BCUT2D eigenvalue weighted by Gasteiger charge is 2.30. The molecule has 9 heteroatoms. The number of hydrogen-bond donors (Lipinski definition) is 1. The predicted molar refractivity (Wildman–Crippen MR) is 155 cm³/mol. The lowest BCUT2D eigenvalue weighted by Gasteiger charge is -2.34. The van der Waals surface area contributed by atoms with Crippen LogP contribution in [0.2, 0.25) is 0 Å². The number of hydrogen-bond acceptors (Lipinski definition) is 7. The second kappa shape index (κ2) is 12.1. The Kier molecular flexibility index (Phi) is 8.24. The summed E-state index contributed by atoms with van der Waals surface area (Å²) >= 11 is 0. The molecule has 0 spiro atoms. The number of fused-ring (bicyclic) bond motifs is 1. The Morgan fingerprint density at radius 1 is 1.08 bits per heavy atom. The van der Waals surface area contributed by atoms with Gasteiger partial charge in [0.05, 0.1) is 13.0 Å². The van der Waals surface area contributed by atoms with E-state index in [4.69, 9.17) is 19.7 Å². The average Bonchev–Trinajstić information content (AvgIpc) is 3.43. The molecular formula is C30H37N7O2. The van der Waals surface area contributed by atoms with Crippen LogP contribution in [0, 0.1) is 5.92 Å². The maximum absolute atomic E-state index is 13.2. The number of amides is 1. The third-order valence-electron chi connectivity index (χ3n) is 7.41. The zero-order chi connectivity index (χ0) is 27.2. The van der Waals surface area contributed by atoms with Crippen molar-refractivity contribution in [3.8, 4) is 11.4 Å². The SMILES string of the molecule is CCN(CC)C(=O)C1CCCN(c2nc(NCCc3ccc(OC)cc3)c3ncn(-c4ccccc4)c3n2)C1. The summed E-state index contributed by atoms with van der Waals surface area (Å²) in [6, 6.07) is 18.2. The van der Waals surface area contributed by atoms with Crippen LogP contribution in [0.4, 0.5) is 11.8 Å². The summed E-state index contributed by atoms with van der Waals surface area (Å²) in [5, 5.41) is 3.52. The number of imidazole rings is 1. The monoisotopic (exact) mass is 527 g/mol. The molecule has 1 saturated heterocycles. The van der Waals surface area contributed by atoms with Crippen LogP contribution >= 0.6 is 0 Å². The van der Waals surface area contributed by atoms with Crippen molar-refractivity contribution in [3.05, 3.63) is 66.5 Å². The van der Waals surface area contributed by atoms with Gasteiger partial charge in [0.2, 0.25) is 11.9 Å². The molecule has 1 atom stereocenters. The Balaban J connectivity index is 1.44. The topological polar surface area (TPSA) is 88.4 Å². The summed E-state index contributed by atoms with van der Waals surface area (Å²) in [5.41, 5.74) is 3.67. The Morgan fingerprint density at radius 2 is 1.85 bits per heavy atom. The lowest BCUT2D eigenvalue weighted by Crippen LogP contribution is -2.45. The Morgan fingerprint density at radius 3 is 2.56 bits per heavy atom. The van der Waals surface area contributed by atoms with Crippen LogP contribution in [-0.4, -0.2) is 70.2 Å². The van der Waals surface area contributed by atoms with E-state index in [2.05, 4.69) is 22.3 Å². The highest BCUT2D eigenvalue weighted by Crippen LogP contribution is 2.28. The van der Waals surface area contributed by atoms with Gasteiger partial charge in [-0.2, -0.15) is 9.97 Å². The molecule has 1 fully saturated rings. The molecule has 0 bridgehead atoms. The number of carbonyl (C=O) groups is 1. The molecule has 3 heterocycles. The number of rotatable bonds is 10. The highest BCUT2D eigenvalue weighted by molar-refractivity contribution is 5.86. The van der Waals surface area contributed by atoms with Crippen molar-refractivity contribution in [1.29, 1.82) is 0 Å². The molecule has 1 aliphatic rings. The minimum atomic E-state index is -0.0523. The zero-order valence-electron chi connectivity index (χ0n) is 23.0. The first kappa shape index (κ1) is 26.5. The number of piperidine rings is 1. The van der Waals surface area contributed by atoms with Gasteiger partial charge in [-0.1, -0.05) is 30.3 Å². The van der Waals surface area contributed by atoms with Gasteiger partial charge in [0.25, 0.3) is 0 Å². The molecule has 2 aromatic heterocycles. The largest absolute Gasteiger partial charge is 0.497 e. The molecule has 2 aromatic carbocycles. The van der Waals surface area contributed by atoms with Crippen LogP contribution in [0.15, 0.2) is 60.9 Å². The number of nitrogens with zero attached hydrogens (tertiary/aromatic N) is 6. The average molecular weight is 528 g/mol. The molecule has 1 N–H and O–H groups in total. The van der Waals surface area contributed by atoms with Gasteiger partial charge in [0, 0.05) is 38.4 Å². The number of methoxy groups -OCH3 is 1. The van der Waals surface area contributed by atoms with Crippen molar-refractivity contribution < 1.29 is 9.53 Å². The predicted octanol–water partition coefficient (Wildman–Crippen LogP) is 4.56. The molecule has 204 valence electrons. The summed E-state index contributed by atoms with van der Waals surface area (Å²) in [6.07, 6.45) is 4.45. The highest BCUT2D eigenvalue weighted by atomic mass is 16.5. The minimum Gasteiger partial charge on any atom is -0.497 e. The summed E-state index contributed by atoms with van der Waals surface area (Å²) in [6.45, 7) is 7.66.